The Kier molecular flexibility index (Phi) is 4.98. The molecule has 4 amide bonds. The highest BCUT2D eigenvalue weighted by molar-refractivity contribution is 6.21. The van der Waals surface area contributed by atoms with Crippen molar-refractivity contribution in [3.8, 4) is 0 Å². The first-order valence-corrected chi connectivity index (χ1v) is 6.52. The van der Waals surface area contributed by atoms with Crippen molar-refractivity contribution in [3.63, 3.8) is 0 Å². The minimum atomic E-state index is -0.691. The molecular weight excluding hydrogens is 284 g/mol. The zero-order valence-electron chi connectivity index (χ0n) is 13.0. The lowest BCUT2D eigenvalue weighted by Crippen LogP contribution is -2.40. The highest BCUT2D eigenvalue weighted by Crippen LogP contribution is 2.35. The Morgan fingerprint density at radius 1 is 0.727 bits per heavy atom. The summed E-state index contributed by atoms with van der Waals surface area (Å²) < 4.78 is 0. The molecule has 0 bridgehead atoms. The maximum atomic E-state index is 12.1. The molecule has 0 heterocycles. The van der Waals surface area contributed by atoms with Gasteiger partial charge in [-0.05, 0) is 38.8 Å². The molecule has 6 nitrogen and oxygen atoms in total. The van der Waals surface area contributed by atoms with Crippen LogP contribution < -0.4 is 10.6 Å². The second-order valence-electron chi connectivity index (χ2n) is 5.13. The third-order valence-corrected chi connectivity index (χ3v) is 3.25. The molecule has 22 heavy (non-hydrogen) atoms. The number of amides is 4. The van der Waals surface area contributed by atoms with Crippen LogP contribution in [-0.4, -0.2) is 23.6 Å². The van der Waals surface area contributed by atoms with E-state index >= 15 is 0 Å². The van der Waals surface area contributed by atoms with Crippen molar-refractivity contribution in [3.05, 3.63) is 46.6 Å². The molecule has 1 rings (SSSR count). The van der Waals surface area contributed by atoms with E-state index in [-0.39, 0.29) is 22.3 Å². The van der Waals surface area contributed by atoms with Gasteiger partial charge in [-0.15, -0.1) is 0 Å². The van der Waals surface area contributed by atoms with E-state index in [1.165, 1.54) is 13.8 Å². The first-order valence-electron chi connectivity index (χ1n) is 6.52. The van der Waals surface area contributed by atoms with Gasteiger partial charge in [0.2, 0.25) is 0 Å². The molecule has 0 spiro atoms. The summed E-state index contributed by atoms with van der Waals surface area (Å²) in [5.74, 6) is -2.62. The molecule has 0 fully saturated rings. The van der Waals surface area contributed by atoms with Crippen molar-refractivity contribution >= 4 is 23.6 Å². The summed E-state index contributed by atoms with van der Waals surface area (Å²) in [4.78, 5) is 47.2. The Morgan fingerprint density at radius 3 is 1.23 bits per heavy atom. The Hall–Kier alpha value is -2.76. The summed E-state index contributed by atoms with van der Waals surface area (Å²) in [6.45, 7) is 13.1. The van der Waals surface area contributed by atoms with Crippen LogP contribution in [0.5, 0.6) is 0 Å². The van der Waals surface area contributed by atoms with Gasteiger partial charge in [0.1, 0.15) is 0 Å². The summed E-state index contributed by atoms with van der Waals surface area (Å²) in [7, 11) is 0. The van der Waals surface area contributed by atoms with Crippen LogP contribution in [0.25, 0.3) is 0 Å². The van der Waals surface area contributed by atoms with Gasteiger partial charge in [-0.1, -0.05) is 13.2 Å². The van der Waals surface area contributed by atoms with Crippen LogP contribution in [0.3, 0.4) is 0 Å². The first kappa shape index (κ1) is 17.3. The normalized spacial score (nSPS) is 13.3. The third kappa shape index (κ3) is 3.28. The van der Waals surface area contributed by atoms with Gasteiger partial charge in [0.25, 0.3) is 23.6 Å². The number of carbonyl (C=O) groups excluding carboxylic acids is 4. The van der Waals surface area contributed by atoms with Crippen molar-refractivity contribution in [2.24, 2.45) is 0 Å². The van der Waals surface area contributed by atoms with Crippen molar-refractivity contribution in [1.82, 2.24) is 10.6 Å². The fourth-order valence-corrected chi connectivity index (χ4v) is 1.80. The largest absolute Gasteiger partial charge is 0.288 e. The summed E-state index contributed by atoms with van der Waals surface area (Å²) in [6.07, 6.45) is 0. The predicted molar refractivity (Wildman–Crippen MR) is 81.3 cm³/mol. The topological polar surface area (TPSA) is 92.3 Å². The molecule has 116 valence electrons. The average molecular weight is 302 g/mol. The van der Waals surface area contributed by atoms with Gasteiger partial charge < -0.3 is 0 Å². The molecule has 0 aliphatic heterocycles. The lowest BCUT2D eigenvalue weighted by molar-refractivity contribution is -0.129. The minimum Gasteiger partial charge on any atom is -0.288 e. The third-order valence-electron chi connectivity index (χ3n) is 3.25. The smallest absolute Gasteiger partial charge is 0.259 e. The average Bonchev–Trinajstić information content (AvgIpc) is 2.42. The Morgan fingerprint density at radius 2 is 1.00 bits per heavy atom. The van der Waals surface area contributed by atoms with E-state index in [0.717, 1.165) is 0 Å². The van der Waals surface area contributed by atoms with Crippen molar-refractivity contribution in [2.45, 2.75) is 27.7 Å². The lowest BCUT2D eigenvalue weighted by Gasteiger charge is -2.25. The molecular formula is C16H18N2O4. The van der Waals surface area contributed by atoms with Crippen LogP contribution in [-0.2, 0) is 19.2 Å². The summed E-state index contributed by atoms with van der Waals surface area (Å²) in [5.41, 5.74) is 1.74. The zero-order valence-corrected chi connectivity index (χ0v) is 13.0. The van der Waals surface area contributed by atoms with E-state index in [1.807, 2.05) is 0 Å². The van der Waals surface area contributed by atoms with Crippen LogP contribution in [0.4, 0.5) is 0 Å². The molecule has 0 saturated carbocycles. The molecule has 0 saturated heterocycles. The Labute approximate surface area is 128 Å². The van der Waals surface area contributed by atoms with Gasteiger partial charge in [0.05, 0.1) is 11.1 Å². The van der Waals surface area contributed by atoms with Crippen LogP contribution in [0, 0.1) is 0 Å². The van der Waals surface area contributed by atoms with Gasteiger partial charge in [-0.3, -0.25) is 29.8 Å². The van der Waals surface area contributed by atoms with Gasteiger partial charge in [0.15, 0.2) is 0 Å². The monoisotopic (exact) mass is 302 g/mol. The second-order valence-corrected chi connectivity index (χ2v) is 5.13. The first-order chi connectivity index (χ1) is 10.1. The van der Waals surface area contributed by atoms with E-state index in [4.69, 9.17) is 0 Å². The Balaban J connectivity index is 3.01. The summed E-state index contributed by atoms with van der Waals surface area (Å²) in [5, 5.41) is 4.28. The number of nitrogens with one attached hydrogen (secondary N) is 2. The number of hydrogen-bond donors (Lipinski definition) is 2. The molecule has 0 unspecified atom stereocenters. The van der Waals surface area contributed by atoms with E-state index < -0.39 is 23.6 Å². The molecule has 0 aromatic carbocycles. The van der Waals surface area contributed by atoms with Crippen LogP contribution in [0.15, 0.2) is 46.6 Å². The molecule has 2 N–H and O–H groups in total. The molecule has 0 atom stereocenters. The van der Waals surface area contributed by atoms with Crippen LogP contribution in [0.1, 0.15) is 27.7 Å². The molecule has 0 radical (unpaired) electrons. The minimum absolute atomic E-state index is 0.0964. The number of hydrogen-bond acceptors (Lipinski definition) is 4. The van der Waals surface area contributed by atoms with Crippen LogP contribution >= 0.6 is 0 Å². The van der Waals surface area contributed by atoms with E-state index in [2.05, 4.69) is 23.8 Å². The zero-order chi connectivity index (χ0) is 17.2. The highest BCUT2D eigenvalue weighted by atomic mass is 16.2. The predicted octanol–water partition coefficient (Wildman–Crippen LogP) is 1.07. The standard InChI is InChI=1S/C16H18N2O4/c1-7(2)13(19)17-15(21)11-9(5)10(6)12(11)16(22)18-14(20)8(3)4/h1,3H2,2,4-6H3,(H,17,19,21)(H,18,20,22). The molecule has 0 aromatic rings. The number of imide groups is 2. The second kappa shape index (κ2) is 6.34. The van der Waals surface area contributed by atoms with E-state index in [1.54, 1.807) is 13.8 Å². The van der Waals surface area contributed by atoms with Crippen LogP contribution in [0.2, 0.25) is 0 Å². The summed E-state index contributed by atoms with van der Waals surface area (Å²) in [6, 6.07) is 0. The maximum absolute atomic E-state index is 12.1. The van der Waals surface area contributed by atoms with Gasteiger partial charge >= 0.3 is 0 Å². The quantitative estimate of drug-likeness (QED) is 0.760. The van der Waals surface area contributed by atoms with E-state index in [9.17, 15) is 19.2 Å². The Bertz CT molecular complexity index is 635. The molecule has 1 aliphatic rings. The molecule has 6 heteroatoms. The van der Waals surface area contributed by atoms with Crippen molar-refractivity contribution < 1.29 is 19.2 Å². The van der Waals surface area contributed by atoms with E-state index in [0.29, 0.717) is 11.1 Å². The maximum Gasteiger partial charge on any atom is 0.259 e. The summed E-state index contributed by atoms with van der Waals surface area (Å²) >= 11 is 0. The highest BCUT2D eigenvalue weighted by Gasteiger charge is 2.34. The number of carbonyl (C=O) groups is 4. The fraction of sp³-hybridized carbons (Fsp3) is 0.250. The number of rotatable bonds is 4. The van der Waals surface area contributed by atoms with Gasteiger partial charge in [-0.25, -0.2) is 0 Å². The lowest BCUT2D eigenvalue weighted by atomic mass is 9.81. The van der Waals surface area contributed by atoms with Gasteiger partial charge in [0, 0.05) is 11.1 Å². The molecule has 1 aliphatic carbocycles. The molecule has 0 aromatic heterocycles. The SMILES string of the molecule is C=C(C)C(=O)NC(=O)C1=C(C(=O)NC(=O)C(=C)C)C(C)=C1C. The fourth-order valence-electron chi connectivity index (χ4n) is 1.80. The van der Waals surface area contributed by atoms with Crippen molar-refractivity contribution in [1.29, 1.82) is 0 Å². The van der Waals surface area contributed by atoms with Crippen molar-refractivity contribution in [2.75, 3.05) is 0 Å². The van der Waals surface area contributed by atoms with Gasteiger partial charge in [-0.2, -0.15) is 0 Å².